The summed E-state index contributed by atoms with van der Waals surface area (Å²) >= 11 is 7.47. The van der Waals surface area contributed by atoms with E-state index in [-0.39, 0.29) is 6.04 Å². The first kappa shape index (κ1) is 16.4. The first-order valence-electron chi connectivity index (χ1n) is 7.00. The predicted octanol–water partition coefficient (Wildman–Crippen LogP) is 4.83. The molecule has 114 valence electrons. The normalized spacial score (nSPS) is 12.6. The van der Waals surface area contributed by atoms with Crippen LogP contribution in [0.15, 0.2) is 30.3 Å². The van der Waals surface area contributed by atoms with Crippen LogP contribution in [0.2, 0.25) is 4.34 Å². The number of halogens is 3. The van der Waals surface area contributed by atoms with Crippen LogP contribution < -0.4 is 5.32 Å². The van der Waals surface area contributed by atoms with Crippen molar-refractivity contribution < 1.29 is 8.78 Å². The second-order valence-corrected chi connectivity index (χ2v) is 6.78. The Hall–Kier alpha value is -0.970. The monoisotopic (exact) mass is 329 g/mol. The first-order valence-corrected chi connectivity index (χ1v) is 8.20. The molecule has 0 aliphatic carbocycles. The molecule has 0 amide bonds. The molecule has 1 unspecified atom stereocenters. The van der Waals surface area contributed by atoms with Gasteiger partial charge in [0.25, 0.3) is 0 Å². The van der Waals surface area contributed by atoms with Crippen molar-refractivity contribution in [2.24, 2.45) is 0 Å². The van der Waals surface area contributed by atoms with Crippen LogP contribution in [0.4, 0.5) is 8.78 Å². The molecule has 2 rings (SSSR count). The fourth-order valence-corrected chi connectivity index (χ4v) is 3.41. The Bertz CT molecular complexity index is 585. The quantitative estimate of drug-likeness (QED) is 0.767. The van der Waals surface area contributed by atoms with Crippen molar-refractivity contribution in [3.8, 4) is 0 Å². The van der Waals surface area contributed by atoms with E-state index in [2.05, 4.69) is 12.2 Å². The van der Waals surface area contributed by atoms with Crippen molar-refractivity contribution in [1.82, 2.24) is 5.32 Å². The van der Waals surface area contributed by atoms with Crippen LogP contribution in [-0.4, -0.2) is 12.6 Å². The van der Waals surface area contributed by atoms with E-state index in [9.17, 15) is 8.78 Å². The van der Waals surface area contributed by atoms with Gasteiger partial charge in [-0.25, -0.2) is 8.78 Å². The lowest BCUT2D eigenvalue weighted by atomic mass is 10.0. The fraction of sp³-hybridized carbons (Fsp3) is 0.375. The van der Waals surface area contributed by atoms with Gasteiger partial charge in [0.15, 0.2) is 11.6 Å². The first-order chi connectivity index (χ1) is 10.1. The van der Waals surface area contributed by atoms with E-state index in [1.54, 1.807) is 12.1 Å². The largest absolute Gasteiger partial charge is 0.313 e. The van der Waals surface area contributed by atoms with Gasteiger partial charge in [0, 0.05) is 10.9 Å². The average Bonchev–Trinajstić information content (AvgIpc) is 2.86. The van der Waals surface area contributed by atoms with Crippen molar-refractivity contribution in [1.29, 1.82) is 0 Å². The van der Waals surface area contributed by atoms with Gasteiger partial charge in [-0.15, -0.1) is 11.3 Å². The van der Waals surface area contributed by atoms with E-state index in [1.807, 2.05) is 12.1 Å². The third-order valence-electron chi connectivity index (χ3n) is 3.26. The summed E-state index contributed by atoms with van der Waals surface area (Å²) < 4.78 is 27.9. The number of benzene rings is 1. The van der Waals surface area contributed by atoms with Crippen molar-refractivity contribution in [2.45, 2.75) is 32.2 Å². The van der Waals surface area contributed by atoms with Gasteiger partial charge < -0.3 is 5.32 Å². The maximum absolute atomic E-state index is 13.8. The van der Waals surface area contributed by atoms with Gasteiger partial charge in [0.05, 0.1) is 4.34 Å². The van der Waals surface area contributed by atoms with Crippen LogP contribution in [0.1, 0.15) is 23.8 Å². The van der Waals surface area contributed by atoms with E-state index in [0.29, 0.717) is 12.0 Å². The maximum atomic E-state index is 13.8. The number of thiophene rings is 1. The lowest BCUT2D eigenvalue weighted by Gasteiger charge is -2.18. The summed E-state index contributed by atoms with van der Waals surface area (Å²) in [5.74, 6) is -1.54. The lowest BCUT2D eigenvalue weighted by Crippen LogP contribution is -2.34. The molecule has 0 bridgehead atoms. The van der Waals surface area contributed by atoms with Gasteiger partial charge in [-0.2, -0.15) is 0 Å². The number of hydrogen-bond acceptors (Lipinski definition) is 2. The number of hydrogen-bond donors (Lipinski definition) is 1. The summed E-state index contributed by atoms with van der Waals surface area (Å²) in [5, 5.41) is 3.40. The minimum atomic E-state index is -0.791. The van der Waals surface area contributed by atoms with Crippen molar-refractivity contribution in [3.63, 3.8) is 0 Å². The molecule has 1 nitrogen and oxygen atoms in total. The molecule has 1 aromatic carbocycles. The van der Waals surface area contributed by atoms with Crippen molar-refractivity contribution in [3.05, 3.63) is 56.7 Å². The Labute approximate surface area is 133 Å². The summed E-state index contributed by atoms with van der Waals surface area (Å²) in [6.07, 6.45) is 2.21. The summed E-state index contributed by atoms with van der Waals surface area (Å²) in [7, 11) is 0. The Balaban J connectivity index is 2.10. The summed E-state index contributed by atoms with van der Waals surface area (Å²) in [6.45, 7) is 2.93. The maximum Gasteiger partial charge on any atom is 0.162 e. The third-order valence-corrected chi connectivity index (χ3v) is 4.51. The summed E-state index contributed by atoms with van der Waals surface area (Å²) in [4.78, 5) is 1.14. The molecule has 1 atom stereocenters. The standard InChI is InChI=1S/C16H18ClF2NS/c1-2-8-20-12(10-13-6-7-15(17)21-13)9-11-4-3-5-14(18)16(11)19/h3-7,12,20H,2,8-10H2,1H3. The van der Waals surface area contributed by atoms with E-state index in [0.717, 1.165) is 34.7 Å². The molecular formula is C16H18ClF2NS. The molecule has 1 heterocycles. The van der Waals surface area contributed by atoms with Crippen LogP contribution in [-0.2, 0) is 12.8 Å². The average molecular weight is 330 g/mol. The molecule has 0 fully saturated rings. The van der Waals surface area contributed by atoms with Gasteiger partial charge in [0.1, 0.15) is 0 Å². The van der Waals surface area contributed by atoms with E-state index in [4.69, 9.17) is 11.6 Å². The highest BCUT2D eigenvalue weighted by molar-refractivity contribution is 7.16. The molecule has 21 heavy (non-hydrogen) atoms. The predicted molar refractivity (Wildman–Crippen MR) is 85.2 cm³/mol. The molecular weight excluding hydrogens is 312 g/mol. The van der Waals surface area contributed by atoms with Gasteiger partial charge in [-0.3, -0.25) is 0 Å². The van der Waals surface area contributed by atoms with Crippen molar-refractivity contribution in [2.75, 3.05) is 6.54 Å². The lowest BCUT2D eigenvalue weighted by molar-refractivity contribution is 0.469. The van der Waals surface area contributed by atoms with Gasteiger partial charge in [-0.1, -0.05) is 30.7 Å². The molecule has 5 heteroatoms. The molecule has 0 saturated carbocycles. The fourth-order valence-electron chi connectivity index (χ4n) is 2.24. The highest BCUT2D eigenvalue weighted by atomic mass is 35.5. The summed E-state index contributed by atoms with van der Waals surface area (Å²) in [6, 6.07) is 8.24. The molecule has 1 N–H and O–H groups in total. The van der Waals surface area contributed by atoms with Gasteiger partial charge >= 0.3 is 0 Å². The van der Waals surface area contributed by atoms with Gasteiger partial charge in [-0.05, 0) is 49.6 Å². The molecule has 0 radical (unpaired) electrons. The smallest absolute Gasteiger partial charge is 0.162 e. The van der Waals surface area contributed by atoms with Crippen molar-refractivity contribution >= 4 is 22.9 Å². The number of nitrogens with one attached hydrogen (secondary N) is 1. The van der Waals surface area contributed by atoms with E-state index >= 15 is 0 Å². The topological polar surface area (TPSA) is 12.0 Å². The SMILES string of the molecule is CCCNC(Cc1ccc(Cl)s1)Cc1cccc(F)c1F. The Kier molecular flexibility index (Phi) is 6.15. The third kappa shape index (κ3) is 4.77. The van der Waals surface area contributed by atoms with E-state index in [1.165, 1.54) is 11.3 Å². The highest BCUT2D eigenvalue weighted by Crippen LogP contribution is 2.23. The molecule has 1 aromatic heterocycles. The molecule has 0 aliphatic rings. The van der Waals surface area contributed by atoms with Crippen LogP contribution >= 0.6 is 22.9 Å². The van der Waals surface area contributed by atoms with Gasteiger partial charge in [0.2, 0.25) is 0 Å². The zero-order valence-corrected chi connectivity index (χ0v) is 13.4. The molecule has 0 saturated heterocycles. The molecule has 2 aromatic rings. The van der Waals surface area contributed by atoms with Crippen LogP contribution in [0.3, 0.4) is 0 Å². The Morgan fingerprint density at radius 2 is 2.00 bits per heavy atom. The van der Waals surface area contributed by atoms with Crippen LogP contribution in [0.5, 0.6) is 0 Å². The zero-order chi connectivity index (χ0) is 15.2. The number of rotatable bonds is 7. The molecule has 0 spiro atoms. The Morgan fingerprint density at radius 1 is 1.19 bits per heavy atom. The minimum Gasteiger partial charge on any atom is -0.313 e. The van der Waals surface area contributed by atoms with Crippen LogP contribution in [0.25, 0.3) is 0 Å². The molecule has 0 aliphatic heterocycles. The van der Waals surface area contributed by atoms with Crippen LogP contribution in [0, 0.1) is 11.6 Å². The minimum absolute atomic E-state index is 0.0657. The second-order valence-electron chi connectivity index (χ2n) is 4.98. The second kappa shape index (κ2) is 7.87. The highest BCUT2D eigenvalue weighted by Gasteiger charge is 2.15. The summed E-state index contributed by atoms with van der Waals surface area (Å²) in [5.41, 5.74) is 0.409. The zero-order valence-electron chi connectivity index (χ0n) is 11.8. The van der Waals surface area contributed by atoms with E-state index < -0.39 is 11.6 Å². The Morgan fingerprint density at radius 3 is 2.67 bits per heavy atom.